The van der Waals surface area contributed by atoms with Gasteiger partial charge >= 0.3 is 0 Å². The third-order valence-electron chi connectivity index (χ3n) is 3.47. The molecule has 1 unspecified atom stereocenters. The fraction of sp³-hybridized carbons (Fsp3) is 0.500. The zero-order valence-electron chi connectivity index (χ0n) is 10.5. The summed E-state index contributed by atoms with van der Waals surface area (Å²) in [5.74, 6) is 0.834. The lowest BCUT2D eigenvalue weighted by atomic mass is 10.0. The molecule has 1 amide bonds. The fourth-order valence-corrected chi connectivity index (χ4v) is 2.77. The second-order valence-electron chi connectivity index (χ2n) is 4.96. The highest BCUT2D eigenvalue weighted by molar-refractivity contribution is 9.10. The van der Waals surface area contributed by atoms with Crippen molar-refractivity contribution in [3.05, 3.63) is 33.3 Å². The molecule has 0 aromatic heterocycles. The minimum Gasteiger partial charge on any atom is -0.339 e. The van der Waals surface area contributed by atoms with Crippen molar-refractivity contribution >= 4 is 33.4 Å². The predicted molar refractivity (Wildman–Crippen MR) is 78.1 cm³/mol. The van der Waals surface area contributed by atoms with E-state index >= 15 is 0 Å². The number of hydrogen-bond donors (Lipinski definition) is 0. The average molecular weight is 331 g/mol. The fourth-order valence-electron chi connectivity index (χ4n) is 2.28. The van der Waals surface area contributed by atoms with Gasteiger partial charge in [0.25, 0.3) is 5.91 Å². The molecule has 0 spiro atoms. The summed E-state index contributed by atoms with van der Waals surface area (Å²) >= 11 is 9.31. The second kappa shape index (κ2) is 6.07. The summed E-state index contributed by atoms with van der Waals surface area (Å²) in [4.78, 5) is 14.3. The topological polar surface area (TPSA) is 20.3 Å². The second-order valence-corrected chi connectivity index (χ2v) is 6.22. The van der Waals surface area contributed by atoms with Crippen molar-refractivity contribution < 1.29 is 4.79 Å². The Morgan fingerprint density at radius 2 is 2.17 bits per heavy atom. The van der Waals surface area contributed by atoms with E-state index in [9.17, 15) is 4.79 Å². The van der Waals surface area contributed by atoms with E-state index in [0.29, 0.717) is 10.6 Å². The van der Waals surface area contributed by atoms with Crippen LogP contribution >= 0.6 is 27.5 Å². The molecule has 2 nitrogen and oxygen atoms in total. The van der Waals surface area contributed by atoms with Crippen molar-refractivity contribution in [1.82, 2.24) is 4.90 Å². The van der Waals surface area contributed by atoms with Gasteiger partial charge in [0.15, 0.2) is 0 Å². The number of halogens is 2. The zero-order chi connectivity index (χ0) is 13.1. The molecule has 0 aliphatic carbocycles. The molecule has 1 aliphatic rings. The maximum atomic E-state index is 12.4. The quantitative estimate of drug-likeness (QED) is 0.749. The van der Waals surface area contributed by atoms with E-state index in [4.69, 9.17) is 11.6 Å². The van der Waals surface area contributed by atoms with Crippen molar-refractivity contribution in [3.8, 4) is 0 Å². The normalized spacial score (nSPS) is 20.6. The van der Waals surface area contributed by atoms with E-state index in [-0.39, 0.29) is 5.91 Å². The highest BCUT2D eigenvalue weighted by Gasteiger charge is 2.20. The average Bonchev–Trinajstić information content (AvgIpc) is 2.57. The van der Waals surface area contributed by atoms with Gasteiger partial charge in [0.05, 0.1) is 5.02 Å². The molecule has 1 aromatic rings. The number of hydrogen-bond acceptors (Lipinski definition) is 1. The molecular formula is C14H17BrClNO. The summed E-state index contributed by atoms with van der Waals surface area (Å²) in [7, 11) is 0. The zero-order valence-corrected chi connectivity index (χ0v) is 12.8. The Morgan fingerprint density at radius 3 is 2.89 bits per heavy atom. The predicted octanol–water partition coefficient (Wildman–Crippen LogP) is 4.36. The van der Waals surface area contributed by atoms with E-state index in [1.807, 2.05) is 4.90 Å². The summed E-state index contributed by atoms with van der Waals surface area (Å²) in [6, 6.07) is 5.36. The van der Waals surface area contributed by atoms with E-state index in [0.717, 1.165) is 36.3 Å². The van der Waals surface area contributed by atoms with Crippen LogP contribution in [-0.4, -0.2) is 23.9 Å². The van der Waals surface area contributed by atoms with E-state index in [1.165, 1.54) is 6.42 Å². The first-order valence-electron chi connectivity index (χ1n) is 6.32. The van der Waals surface area contributed by atoms with Gasteiger partial charge in [-0.25, -0.2) is 0 Å². The van der Waals surface area contributed by atoms with Crippen LogP contribution in [0.25, 0.3) is 0 Å². The summed E-state index contributed by atoms with van der Waals surface area (Å²) < 4.78 is 0.776. The highest BCUT2D eigenvalue weighted by Crippen LogP contribution is 2.25. The van der Waals surface area contributed by atoms with E-state index < -0.39 is 0 Å². The van der Waals surface area contributed by atoms with Crippen molar-refractivity contribution in [2.24, 2.45) is 5.92 Å². The number of likely N-dealkylation sites (tertiary alicyclic amines) is 1. The van der Waals surface area contributed by atoms with Gasteiger partial charge in [-0.2, -0.15) is 0 Å². The van der Waals surface area contributed by atoms with Crippen LogP contribution in [0.5, 0.6) is 0 Å². The van der Waals surface area contributed by atoms with Crippen LogP contribution in [0.3, 0.4) is 0 Å². The monoisotopic (exact) mass is 329 g/mol. The lowest BCUT2D eigenvalue weighted by Gasteiger charge is -2.20. The highest BCUT2D eigenvalue weighted by atomic mass is 79.9. The van der Waals surface area contributed by atoms with Crippen LogP contribution in [0.4, 0.5) is 0 Å². The van der Waals surface area contributed by atoms with Crippen LogP contribution in [0, 0.1) is 5.92 Å². The molecule has 98 valence electrons. The maximum Gasteiger partial charge on any atom is 0.253 e. The van der Waals surface area contributed by atoms with Gasteiger partial charge in [0, 0.05) is 23.1 Å². The summed E-state index contributed by atoms with van der Waals surface area (Å²) in [6.07, 6.45) is 3.41. The number of rotatable bonds is 1. The molecule has 0 N–H and O–H groups in total. The SMILES string of the molecule is CC1CCCN(C(=O)c2ccc(Cl)c(Br)c2)CC1. The molecule has 0 bridgehead atoms. The molecular weight excluding hydrogens is 314 g/mol. The third kappa shape index (κ3) is 3.27. The first kappa shape index (κ1) is 13.9. The van der Waals surface area contributed by atoms with Crippen molar-refractivity contribution in [2.45, 2.75) is 26.2 Å². The first-order valence-corrected chi connectivity index (χ1v) is 7.49. The minimum absolute atomic E-state index is 0.112. The van der Waals surface area contributed by atoms with Crippen LogP contribution in [0.2, 0.25) is 5.02 Å². The maximum absolute atomic E-state index is 12.4. The van der Waals surface area contributed by atoms with Crippen LogP contribution in [0.15, 0.2) is 22.7 Å². The molecule has 2 rings (SSSR count). The van der Waals surface area contributed by atoms with Gasteiger partial charge in [-0.05, 0) is 59.3 Å². The largest absolute Gasteiger partial charge is 0.339 e. The smallest absolute Gasteiger partial charge is 0.253 e. The molecule has 1 fully saturated rings. The molecule has 0 saturated carbocycles. The van der Waals surface area contributed by atoms with Crippen LogP contribution in [-0.2, 0) is 0 Å². The van der Waals surface area contributed by atoms with Crippen LogP contribution in [0.1, 0.15) is 36.5 Å². The Labute approximate surface area is 121 Å². The van der Waals surface area contributed by atoms with Gasteiger partial charge in [-0.1, -0.05) is 18.5 Å². The lowest BCUT2D eigenvalue weighted by molar-refractivity contribution is 0.0760. The van der Waals surface area contributed by atoms with E-state index in [2.05, 4.69) is 22.9 Å². The Kier molecular flexibility index (Phi) is 4.68. The van der Waals surface area contributed by atoms with Crippen molar-refractivity contribution in [3.63, 3.8) is 0 Å². The Bertz CT molecular complexity index is 449. The molecule has 1 atom stereocenters. The number of amides is 1. The Balaban J connectivity index is 2.12. The Morgan fingerprint density at radius 1 is 1.39 bits per heavy atom. The third-order valence-corrected chi connectivity index (χ3v) is 4.68. The molecule has 18 heavy (non-hydrogen) atoms. The van der Waals surface area contributed by atoms with Gasteiger partial charge in [0.2, 0.25) is 0 Å². The molecule has 1 saturated heterocycles. The van der Waals surface area contributed by atoms with Crippen molar-refractivity contribution in [2.75, 3.05) is 13.1 Å². The number of carbonyl (C=O) groups is 1. The molecule has 1 heterocycles. The van der Waals surface area contributed by atoms with Gasteiger partial charge in [0.1, 0.15) is 0 Å². The standard InChI is InChI=1S/C14H17BrClNO/c1-10-3-2-7-17(8-6-10)14(18)11-4-5-13(16)12(15)9-11/h4-5,9-10H,2-3,6-8H2,1H3. The first-order chi connectivity index (χ1) is 8.58. The van der Waals surface area contributed by atoms with Crippen molar-refractivity contribution in [1.29, 1.82) is 0 Å². The molecule has 1 aliphatic heterocycles. The van der Waals surface area contributed by atoms with Crippen LogP contribution < -0.4 is 0 Å². The molecule has 1 aromatic carbocycles. The van der Waals surface area contributed by atoms with E-state index in [1.54, 1.807) is 18.2 Å². The van der Waals surface area contributed by atoms with Gasteiger partial charge in [-0.3, -0.25) is 4.79 Å². The molecule has 0 radical (unpaired) electrons. The Hall–Kier alpha value is -0.540. The minimum atomic E-state index is 0.112. The molecule has 4 heteroatoms. The summed E-state index contributed by atoms with van der Waals surface area (Å²) in [5, 5.41) is 0.635. The van der Waals surface area contributed by atoms with Gasteiger partial charge < -0.3 is 4.90 Å². The number of benzene rings is 1. The van der Waals surface area contributed by atoms with Gasteiger partial charge in [-0.15, -0.1) is 0 Å². The number of nitrogens with zero attached hydrogens (tertiary/aromatic N) is 1. The summed E-state index contributed by atoms with van der Waals surface area (Å²) in [5.41, 5.74) is 0.709. The summed E-state index contributed by atoms with van der Waals surface area (Å²) in [6.45, 7) is 3.98. The lowest BCUT2D eigenvalue weighted by Crippen LogP contribution is -2.31. The number of carbonyl (C=O) groups excluding carboxylic acids is 1.